The van der Waals surface area contributed by atoms with E-state index in [-0.39, 0.29) is 50.7 Å². The minimum absolute atomic E-state index is 0.0416. The molecule has 2 aromatic heterocycles. The number of carbonyl (C=O) groups excluding carboxylic acids is 1. The molecular formula is C29H29F2N5O7S. The molecule has 1 aliphatic carbocycles. The maximum Gasteiger partial charge on any atom is 0.586 e. The van der Waals surface area contributed by atoms with Crippen LogP contribution in [-0.2, 0) is 21.2 Å². The Labute approximate surface area is 250 Å². The summed E-state index contributed by atoms with van der Waals surface area (Å²) in [5.41, 5.74) is -0.0751. The summed E-state index contributed by atoms with van der Waals surface area (Å²) in [5.74, 6) is -0.869. The third-order valence-electron chi connectivity index (χ3n) is 7.06. The predicted octanol–water partition coefficient (Wildman–Crippen LogP) is 4.13. The van der Waals surface area contributed by atoms with Gasteiger partial charge >= 0.3 is 6.29 Å². The zero-order chi connectivity index (χ0) is 31.6. The monoisotopic (exact) mass is 629 g/mol. The van der Waals surface area contributed by atoms with E-state index >= 15 is 0 Å². The molecule has 44 heavy (non-hydrogen) atoms. The van der Waals surface area contributed by atoms with Gasteiger partial charge in [-0.3, -0.25) is 9.59 Å². The fraction of sp³-hybridized carbons (Fsp3) is 0.379. The highest BCUT2D eigenvalue weighted by atomic mass is 32.2. The van der Waals surface area contributed by atoms with Gasteiger partial charge in [0.15, 0.2) is 21.3 Å². The van der Waals surface area contributed by atoms with Gasteiger partial charge in [0.1, 0.15) is 33.9 Å². The van der Waals surface area contributed by atoms with Gasteiger partial charge in [0, 0.05) is 23.4 Å². The highest BCUT2D eigenvalue weighted by Gasteiger charge is 2.44. The lowest BCUT2D eigenvalue weighted by molar-refractivity contribution is -0.286. The second-order valence-electron chi connectivity index (χ2n) is 11.9. The van der Waals surface area contributed by atoms with Crippen molar-refractivity contribution in [1.82, 2.24) is 19.7 Å². The number of nitrogens with one attached hydrogen (secondary N) is 1. The van der Waals surface area contributed by atoms with Crippen LogP contribution in [-0.4, -0.2) is 59.3 Å². The van der Waals surface area contributed by atoms with Crippen LogP contribution in [0, 0.1) is 5.41 Å². The van der Waals surface area contributed by atoms with Crippen molar-refractivity contribution in [3.8, 4) is 28.5 Å². The molecule has 0 atom stereocenters. The van der Waals surface area contributed by atoms with Crippen LogP contribution < -0.4 is 24.7 Å². The summed E-state index contributed by atoms with van der Waals surface area (Å²) in [4.78, 5) is 35.5. The molecule has 6 rings (SSSR count). The van der Waals surface area contributed by atoms with Gasteiger partial charge in [0.25, 0.3) is 5.56 Å². The molecule has 0 radical (unpaired) electrons. The van der Waals surface area contributed by atoms with Gasteiger partial charge in [-0.2, -0.15) is 5.10 Å². The van der Waals surface area contributed by atoms with Crippen molar-refractivity contribution >= 4 is 32.5 Å². The summed E-state index contributed by atoms with van der Waals surface area (Å²) in [6.07, 6.45) is -1.14. The van der Waals surface area contributed by atoms with Gasteiger partial charge in [0.2, 0.25) is 5.91 Å². The van der Waals surface area contributed by atoms with Gasteiger partial charge in [-0.05, 0) is 48.6 Å². The maximum absolute atomic E-state index is 13.7. The van der Waals surface area contributed by atoms with Crippen molar-refractivity contribution in [2.45, 2.75) is 57.4 Å². The normalized spacial score (nSPS) is 15.9. The Hall–Kier alpha value is -4.53. The Morgan fingerprint density at radius 3 is 2.57 bits per heavy atom. The molecule has 0 unspecified atom stereocenters. The molecule has 0 saturated heterocycles. The first-order chi connectivity index (χ1) is 20.7. The van der Waals surface area contributed by atoms with Gasteiger partial charge in [-0.15, -0.1) is 8.78 Å². The standard InChI is InChI=1S/C29H29F2N5O7S/c1-28(2,3)14-44(39,40)22-11-16(5-9-20(22)41-4)24-25-26(33-15-32-25)27(38)35(34-24)13-23(37)36(17-6-7-17)18-8-10-19-21(12-18)43-29(30,31)42-19/h5,8-12,15,17H,6-7,13-14H2,1-4H3,(H,32,33). The molecule has 15 heteroatoms. The highest BCUT2D eigenvalue weighted by molar-refractivity contribution is 7.91. The first kappa shape index (κ1) is 29.5. The van der Waals surface area contributed by atoms with Crippen LogP contribution in [0.3, 0.4) is 0 Å². The first-order valence-electron chi connectivity index (χ1n) is 13.7. The number of aromatic nitrogens is 4. The maximum atomic E-state index is 13.7. The molecule has 232 valence electrons. The number of methoxy groups -OCH3 is 1. The summed E-state index contributed by atoms with van der Waals surface area (Å²) in [7, 11) is -2.43. The van der Waals surface area contributed by atoms with Crippen molar-refractivity contribution in [3.63, 3.8) is 0 Å². The average molecular weight is 630 g/mol. The molecule has 0 bridgehead atoms. The highest BCUT2D eigenvalue weighted by Crippen LogP contribution is 2.44. The zero-order valence-corrected chi connectivity index (χ0v) is 25.1. The van der Waals surface area contributed by atoms with Gasteiger partial charge in [-0.1, -0.05) is 20.8 Å². The number of ether oxygens (including phenoxy) is 3. The summed E-state index contributed by atoms with van der Waals surface area (Å²) in [6, 6.07) is 8.38. The fourth-order valence-electron chi connectivity index (χ4n) is 5.18. The van der Waals surface area contributed by atoms with E-state index in [0.29, 0.717) is 24.1 Å². The number of aromatic amines is 1. The summed E-state index contributed by atoms with van der Waals surface area (Å²) >= 11 is 0. The number of hydrogen-bond acceptors (Lipinski definition) is 9. The van der Waals surface area contributed by atoms with Crippen LogP contribution in [0.2, 0.25) is 0 Å². The molecule has 1 amide bonds. The van der Waals surface area contributed by atoms with E-state index in [1.807, 2.05) is 20.8 Å². The molecule has 1 aliphatic heterocycles. The lowest BCUT2D eigenvalue weighted by atomic mass is 10.0. The number of anilines is 1. The number of nitrogens with zero attached hydrogens (tertiary/aromatic N) is 4. The minimum Gasteiger partial charge on any atom is -0.495 e. The number of H-pyrrole nitrogens is 1. The summed E-state index contributed by atoms with van der Waals surface area (Å²) in [6.45, 7) is 4.94. The third kappa shape index (κ3) is 5.58. The number of fused-ring (bicyclic) bond motifs is 2. The van der Waals surface area contributed by atoms with Gasteiger partial charge in [0.05, 0.1) is 19.2 Å². The van der Waals surface area contributed by atoms with Crippen LogP contribution in [0.4, 0.5) is 14.5 Å². The molecule has 1 fully saturated rings. The Morgan fingerprint density at radius 2 is 1.89 bits per heavy atom. The van der Waals surface area contributed by atoms with Crippen LogP contribution in [0.5, 0.6) is 17.2 Å². The largest absolute Gasteiger partial charge is 0.586 e. The first-order valence-corrected chi connectivity index (χ1v) is 15.4. The predicted molar refractivity (Wildman–Crippen MR) is 155 cm³/mol. The van der Waals surface area contributed by atoms with E-state index in [9.17, 15) is 26.8 Å². The molecule has 2 aliphatic rings. The van der Waals surface area contributed by atoms with Gasteiger partial charge in [-0.25, -0.2) is 18.1 Å². The Morgan fingerprint density at radius 1 is 1.16 bits per heavy atom. The molecule has 4 aromatic rings. The number of benzene rings is 2. The number of hydrogen-bond donors (Lipinski definition) is 1. The average Bonchev–Trinajstić information content (AvgIpc) is 3.52. The quantitative estimate of drug-likeness (QED) is 0.304. The molecule has 2 aromatic carbocycles. The summed E-state index contributed by atoms with van der Waals surface area (Å²) < 4.78 is 69.3. The van der Waals surface area contributed by atoms with E-state index in [0.717, 1.165) is 4.68 Å². The van der Waals surface area contributed by atoms with E-state index in [1.165, 1.54) is 48.7 Å². The Bertz CT molecular complexity index is 1960. The van der Waals surface area contributed by atoms with Crippen molar-refractivity contribution in [1.29, 1.82) is 0 Å². The SMILES string of the molecule is COc1ccc(-c2nn(CC(=O)N(c3ccc4c(c3)OC(F)(F)O4)C3CC3)c(=O)c3[nH]cnc23)cc1S(=O)(=O)CC(C)(C)C. The molecule has 0 spiro atoms. The number of amides is 1. The fourth-order valence-corrected chi connectivity index (χ4v) is 7.24. The van der Waals surface area contributed by atoms with Crippen LogP contribution >= 0.6 is 0 Å². The van der Waals surface area contributed by atoms with Crippen LogP contribution in [0.15, 0.2) is 52.4 Å². The Kier molecular flexibility index (Phi) is 6.90. The second kappa shape index (κ2) is 10.3. The number of alkyl halides is 2. The van der Waals surface area contributed by atoms with Crippen molar-refractivity contribution in [2.75, 3.05) is 17.8 Å². The molecule has 12 nitrogen and oxygen atoms in total. The van der Waals surface area contributed by atoms with Gasteiger partial charge < -0.3 is 24.1 Å². The van der Waals surface area contributed by atoms with Crippen LogP contribution in [0.25, 0.3) is 22.3 Å². The smallest absolute Gasteiger partial charge is 0.495 e. The number of rotatable bonds is 8. The lowest BCUT2D eigenvalue weighted by Crippen LogP contribution is -2.39. The third-order valence-corrected chi connectivity index (χ3v) is 9.29. The minimum atomic E-state index is -3.81. The topological polar surface area (TPSA) is 146 Å². The zero-order valence-electron chi connectivity index (χ0n) is 24.3. The summed E-state index contributed by atoms with van der Waals surface area (Å²) in [5, 5.41) is 4.46. The van der Waals surface area contributed by atoms with E-state index in [4.69, 9.17) is 4.74 Å². The lowest BCUT2D eigenvalue weighted by Gasteiger charge is -2.23. The van der Waals surface area contributed by atoms with Crippen molar-refractivity contribution in [2.24, 2.45) is 5.41 Å². The van der Waals surface area contributed by atoms with E-state index < -0.39 is 39.6 Å². The van der Waals surface area contributed by atoms with E-state index in [2.05, 4.69) is 24.5 Å². The number of sulfone groups is 1. The second-order valence-corrected chi connectivity index (χ2v) is 13.9. The molecular weight excluding hydrogens is 600 g/mol. The number of halogens is 2. The Balaban J connectivity index is 1.39. The molecule has 3 heterocycles. The van der Waals surface area contributed by atoms with Crippen molar-refractivity contribution < 1.29 is 36.2 Å². The molecule has 1 N–H and O–H groups in total. The van der Waals surface area contributed by atoms with Crippen LogP contribution in [0.1, 0.15) is 33.6 Å². The number of carbonyl (C=O) groups is 1. The van der Waals surface area contributed by atoms with Crippen molar-refractivity contribution in [3.05, 3.63) is 53.1 Å². The number of imidazole rings is 1. The van der Waals surface area contributed by atoms with E-state index in [1.54, 1.807) is 6.07 Å². The molecule has 1 saturated carbocycles.